The molecule has 1 unspecified atom stereocenters. The lowest BCUT2D eigenvalue weighted by atomic mass is 9.85. The zero-order chi connectivity index (χ0) is 23.1. The fourth-order valence-corrected chi connectivity index (χ4v) is 6.53. The number of primary sulfonamides is 1. The van der Waals surface area contributed by atoms with E-state index in [1.807, 2.05) is 0 Å². The first kappa shape index (κ1) is 23.9. The number of nitrogens with zero attached hydrogens (tertiary/aromatic N) is 2. The topological polar surface area (TPSA) is 153 Å². The molecule has 0 aliphatic carbocycles. The van der Waals surface area contributed by atoms with Gasteiger partial charge in [-0.3, -0.25) is 0 Å². The number of hydrogen-bond acceptors (Lipinski definition) is 10. The number of anilines is 3. The maximum Gasteiger partial charge on any atom is 0.251 e. The highest BCUT2D eigenvalue weighted by Gasteiger charge is 2.31. The number of nitrogens with two attached hydrogens (primary N) is 1. The number of sulfonamides is 1. The van der Waals surface area contributed by atoms with Crippen LogP contribution >= 0.6 is 33.8 Å². The van der Waals surface area contributed by atoms with Crippen LogP contribution in [0.5, 0.6) is 5.75 Å². The number of aromatic nitrogens is 2. The third-order valence-electron chi connectivity index (χ3n) is 4.55. The molecule has 0 amide bonds. The highest BCUT2D eigenvalue weighted by Crippen LogP contribution is 2.43. The highest BCUT2D eigenvalue weighted by atomic mass is 32.2. The van der Waals surface area contributed by atoms with Gasteiger partial charge in [-0.25, -0.2) is 13.6 Å². The van der Waals surface area contributed by atoms with Gasteiger partial charge in [0.1, 0.15) is 0 Å². The van der Waals surface area contributed by atoms with E-state index < -0.39 is 26.9 Å². The summed E-state index contributed by atoms with van der Waals surface area (Å²) >= 11 is 0.570. The van der Waals surface area contributed by atoms with Crippen molar-refractivity contribution in [2.24, 2.45) is 10.6 Å². The summed E-state index contributed by atoms with van der Waals surface area (Å²) in [5.74, 6) is 0.289. The molecular weight excluding hydrogens is 478 g/mol. The average Bonchev–Trinajstić information content (AvgIpc) is 3.31. The van der Waals surface area contributed by atoms with Gasteiger partial charge in [-0.2, -0.15) is 0 Å². The maximum absolute atomic E-state index is 12.0. The molecule has 0 saturated heterocycles. The number of thiophene rings is 2. The first-order valence-electron chi connectivity index (χ1n) is 9.32. The van der Waals surface area contributed by atoms with Crippen LogP contribution < -0.4 is 15.8 Å². The molecule has 170 valence electrons. The molecule has 0 saturated carbocycles. The lowest BCUT2D eigenvalue weighted by molar-refractivity contribution is 0.351. The Kier molecular flexibility index (Phi) is 6.65. The van der Waals surface area contributed by atoms with Gasteiger partial charge < -0.3 is 20.3 Å². The predicted octanol–water partition coefficient (Wildman–Crippen LogP) is 4.75. The standard InChI is InChI=1S/C18H25N5O4S4/c1-9(2)10-6-12(28-7-10)14(18(3,4)5)21-16-15(22-30(25)23-16)20-11-8-29-17(13(11)24)31(19,26)27/h6-9,14,24H,1-5H3,(H,20,22)(H,21,23)(H2,19,26,27)/t14-,30?/m0/s1. The molecule has 3 aromatic rings. The van der Waals surface area contributed by atoms with Crippen molar-refractivity contribution in [2.45, 2.75) is 50.8 Å². The SMILES string of the molecule is CC(C)c1csc([C@H](Nc2n[s+]([O-])nc2Nc2csc(S(N)(=O)=O)c2O)C(C)(C)C)c1. The predicted molar refractivity (Wildman–Crippen MR) is 126 cm³/mol. The fraction of sp³-hybridized carbons (Fsp3) is 0.444. The molecule has 3 heterocycles. The smallest absolute Gasteiger partial charge is 0.251 e. The molecule has 9 nitrogen and oxygen atoms in total. The Hall–Kier alpha value is -1.77. The summed E-state index contributed by atoms with van der Waals surface area (Å²) in [6.45, 7) is 10.5. The number of aromatic hydroxyl groups is 1. The van der Waals surface area contributed by atoms with E-state index in [4.69, 9.17) is 5.14 Å². The lowest BCUT2D eigenvalue weighted by Gasteiger charge is -2.30. The molecule has 0 bridgehead atoms. The van der Waals surface area contributed by atoms with E-state index in [1.54, 1.807) is 11.3 Å². The molecule has 0 spiro atoms. The summed E-state index contributed by atoms with van der Waals surface area (Å²) in [6.07, 6.45) is 0. The maximum atomic E-state index is 12.0. The van der Waals surface area contributed by atoms with E-state index in [0.717, 1.165) is 16.2 Å². The van der Waals surface area contributed by atoms with Crippen LogP contribution in [0.25, 0.3) is 0 Å². The van der Waals surface area contributed by atoms with Gasteiger partial charge in [-0.1, -0.05) is 34.6 Å². The third-order valence-corrected chi connectivity index (χ3v) is 8.70. The molecular formula is C18H25N5O4S4. The van der Waals surface area contributed by atoms with Crippen LogP contribution in [0.4, 0.5) is 17.3 Å². The van der Waals surface area contributed by atoms with Gasteiger partial charge in [0.05, 0.1) is 11.7 Å². The van der Waals surface area contributed by atoms with Crippen LogP contribution in [0, 0.1) is 5.41 Å². The van der Waals surface area contributed by atoms with Crippen LogP contribution in [0.2, 0.25) is 0 Å². The van der Waals surface area contributed by atoms with Crippen LogP contribution in [0.15, 0.2) is 21.0 Å². The second-order valence-electron chi connectivity index (χ2n) is 8.45. The summed E-state index contributed by atoms with van der Waals surface area (Å²) < 4.78 is 42.9. The monoisotopic (exact) mass is 503 g/mol. The molecule has 3 rings (SSSR count). The Labute approximate surface area is 192 Å². The van der Waals surface area contributed by atoms with Gasteiger partial charge in [-0.05, 0) is 28.3 Å². The third kappa shape index (κ3) is 5.35. The highest BCUT2D eigenvalue weighted by molar-refractivity contribution is 7.91. The normalized spacial score (nSPS) is 14.1. The van der Waals surface area contributed by atoms with Crippen LogP contribution in [0.3, 0.4) is 0 Å². The second kappa shape index (κ2) is 8.64. The Bertz CT molecular complexity index is 1170. The zero-order valence-corrected chi connectivity index (χ0v) is 20.9. The first-order valence-corrected chi connectivity index (χ1v) is 13.7. The van der Waals surface area contributed by atoms with Gasteiger partial charge in [0.25, 0.3) is 10.0 Å². The molecule has 0 aliphatic heterocycles. The fourth-order valence-electron chi connectivity index (χ4n) is 2.87. The Morgan fingerprint density at radius 2 is 1.84 bits per heavy atom. The molecule has 2 atom stereocenters. The number of hydrogen-bond donors (Lipinski definition) is 4. The largest absolute Gasteiger partial charge is 0.546 e. The quantitative estimate of drug-likeness (QED) is 0.337. The summed E-state index contributed by atoms with van der Waals surface area (Å²) in [6, 6.07) is 2.00. The molecule has 3 aromatic heterocycles. The van der Waals surface area contributed by atoms with E-state index in [0.29, 0.717) is 5.92 Å². The summed E-state index contributed by atoms with van der Waals surface area (Å²) in [4.78, 5) is 1.10. The van der Waals surface area contributed by atoms with Crippen molar-refractivity contribution in [2.75, 3.05) is 10.6 Å². The Morgan fingerprint density at radius 1 is 1.19 bits per heavy atom. The summed E-state index contributed by atoms with van der Waals surface area (Å²) in [7, 11) is -4.07. The molecule has 0 radical (unpaired) electrons. The minimum atomic E-state index is -4.07. The van der Waals surface area contributed by atoms with E-state index in [9.17, 15) is 18.1 Å². The molecule has 5 N–H and O–H groups in total. The van der Waals surface area contributed by atoms with Gasteiger partial charge in [0, 0.05) is 19.0 Å². The van der Waals surface area contributed by atoms with Gasteiger partial charge in [-0.15, -0.1) is 22.7 Å². The van der Waals surface area contributed by atoms with Crippen molar-refractivity contribution >= 4 is 61.2 Å². The zero-order valence-electron chi connectivity index (χ0n) is 17.7. The van der Waals surface area contributed by atoms with E-state index in [1.165, 1.54) is 10.9 Å². The molecule has 0 aliphatic rings. The Balaban J connectivity index is 1.94. The average molecular weight is 504 g/mol. The summed E-state index contributed by atoms with van der Waals surface area (Å²) in [5, 5.41) is 25.0. The minimum Gasteiger partial charge on any atom is -0.546 e. The number of rotatable bonds is 7. The van der Waals surface area contributed by atoms with Gasteiger partial charge in [0.15, 0.2) is 21.1 Å². The minimum absolute atomic E-state index is 0.0895. The van der Waals surface area contributed by atoms with Crippen molar-refractivity contribution in [3.8, 4) is 5.75 Å². The van der Waals surface area contributed by atoms with E-state index in [-0.39, 0.29) is 33.0 Å². The molecule has 31 heavy (non-hydrogen) atoms. The molecule has 13 heteroatoms. The second-order valence-corrected chi connectivity index (χ2v) is 12.9. The van der Waals surface area contributed by atoms with Crippen LogP contribution in [0.1, 0.15) is 57.0 Å². The van der Waals surface area contributed by atoms with Crippen molar-refractivity contribution in [1.29, 1.82) is 0 Å². The molecule has 0 fully saturated rings. The number of nitrogens with one attached hydrogen (secondary N) is 2. The van der Waals surface area contributed by atoms with Gasteiger partial charge in [0.2, 0.25) is 11.6 Å². The lowest BCUT2D eigenvalue weighted by Crippen LogP contribution is -2.25. The van der Waals surface area contributed by atoms with Crippen molar-refractivity contribution < 1.29 is 18.1 Å². The molecule has 0 aromatic carbocycles. The van der Waals surface area contributed by atoms with Crippen molar-refractivity contribution in [3.05, 3.63) is 27.3 Å². The van der Waals surface area contributed by atoms with E-state index in [2.05, 4.69) is 65.4 Å². The van der Waals surface area contributed by atoms with Crippen LogP contribution in [-0.2, 0) is 10.0 Å². The van der Waals surface area contributed by atoms with Crippen molar-refractivity contribution in [1.82, 2.24) is 8.75 Å². The Morgan fingerprint density at radius 3 is 2.35 bits per heavy atom. The summed E-state index contributed by atoms with van der Waals surface area (Å²) in [5.41, 5.74) is 1.12. The first-order chi connectivity index (χ1) is 14.3. The van der Waals surface area contributed by atoms with Gasteiger partial charge >= 0.3 is 0 Å². The van der Waals surface area contributed by atoms with Crippen molar-refractivity contribution in [3.63, 3.8) is 0 Å². The van der Waals surface area contributed by atoms with E-state index >= 15 is 0 Å². The van der Waals surface area contributed by atoms with Crippen LogP contribution in [-0.4, -0.2) is 26.8 Å².